The summed E-state index contributed by atoms with van der Waals surface area (Å²) in [7, 11) is 0. The van der Waals surface area contributed by atoms with Crippen LogP contribution in [0.3, 0.4) is 0 Å². The van der Waals surface area contributed by atoms with E-state index in [0.717, 1.165) is 77.6 Å². The summed E-state index contributed by atoms with van der Waals surface area (Å²) < 4.78 is 0. The van der Waals surface area contributed by atoms with Gasteiger partial charge in [-0.25, -0.2) is 0 Å². The average molecular weight is 562 g/mol. The Morgan fingerprint density at radius 2 is 1.66 bits per heavy atom. The monoisotopic (exact) mass is 561 g/mol. The van der Waals surface area contributed by atoms with Crippen LogP contribution in [0.15, 0.2) is 84.2 Å². The first-order valence-corrected chi connectivity index (χ1v) is 15.0. The lowest BCUT2D eigenvalue weighted by Crippen LogP contribution is -2.45. The quantitative estimate of drug-likeness (QED) is 0.213. The van der Waals surface area contributed by atoms with Gasteiger partial charge >= 0.3 is 0 Å². The highest BCUT2D eigenvalue weighted by atomic mass is 32.1. The highest BCUT2D eigenvalue weighted by molar-refractivity contribution is 7.10. The van der Waals surface area contributed by atoms with Gasteiger partial charge in [-0.05, 0) is 58.8 Å². The van der Waals surface area contributed by atoms with Crippen molar-refractivity contribution in [3.63, 3.8) is 0 Å². The summed E-state index contributed by atoms with van der Waals surface area (Å²) in [5.41, 5.74) is 7.49. The number of carbonyl (C=O) groups excluding carboxylic acids is 1. The maximum atomic E-state index is 12.6. The Hall–Kier alpha value is -4.04. The van der Waals surface area contributed by atoms with Gasteiger partial charge in [-0.3, -0.25) is 19.7 Å². The molecule has 2 aromatic heterocycles. The van der Waals surface area contributed by atoms with E-state index in [1.54, 1.807) is 11.3 Å². The summed E-state index contributed by atoms with van der Waals surface area (Å²) in [6.45, 7) is 8.34. The zero-order chi connectivity index (χ0) is 28.0. The number of aromatic amines is 1. The number of fused-ring (bicyclic) bond motifs is 1. The van der Waals surface area contributed by atoms with Crippen LogP contribution in [0.25, 0.3) is 23.1 Å². The largest absolute Gasteiger partial charge is 0.326 e. The van der Waals surface area contributed by atoms with Gasteiger partial charge in [0.15, 0.2) is 0 Å². The molecule has 6 nitrogen and oxygen atoms in total. The normalized spacial score (nSPS) is 14.7. The number of aryl methyl sites for hydroxylation is 1. The van der Waals surface area contributed by atoms with Crippen LogP contribution >= 0.6 is 11.3 Å². The predicted octanol–water partition coefficient (Wildman–Crippen LogP) is 6.60. The highest BCUT2D eigenvalue weighted by Crippen LogP contribution is 2.26. The number of hydrogen-bond donors (Lipinski definition) is 2. The van der Waals surface area contributed by atoms with Crippen LogP contribution in [-0.4, -0.2) is 52.1 Å². The number of piperazine rings is 1. The van der Waals surface area contributed by atoms with Gasteiger partial charge in [-0.15, -0.1) is 11.3 Å². The first-order chi connectivity index (χ1) is 20.1. The van der Waals surface area contributed by atoms with Crippen LogP contribution in [0.4, 0.5) is 5.69 Å². The van der Waals surface area contributed by atoms with E-state index < -0.39 is 0 Å². The van der Waals surface area contributed by atoms with Crippen LogP contribution < -0.4 is 5.32 Å². The summed E-state index contributed by atoms with van der Waals surface area (Å²) >= 11 is 1.60. The van der Waals surface area contributed by atoms with Gasteiger partial charge in [0.1, 0.15) is 0 Å². The summed E-state index contributed by atoms with van der Waals surface area (Å²) in [6.07, 6.45) is 4.55. The molecule has 1 fully saturated rings. The van der Waals surface area contributed by atoms with Crippen LogP contribution in [0.5, 0.6) is 0 Å². The molecular weight excluding hydrogens is 526 g/mol. The molecule has 2 N–H and O–H groups in total. The molecule has 0 spiro atoms. The van der Waals surface area contributed by atoms with Gasteiger partial charge in [0.2, 0.25) is 5.91 Å². The number of H-pyrrole nitrogens is 1. The molecule has 0 unspecified atom stereocenters. The van der Waals surface area contributed by atoms with Crippen molar-refractivity contribution in [2.24, 2.45) is 0 Å². The second-order valence-electron chi connectivity index (χ2n) is 10.7. The number of carbonyl (C=O) groups is 1. The first-order valence-electron chi connectivity index (χ1n) is 14.2. The van der Waals surface area contributed by atoms with Crippen molar-refractivity contribution in [2.75, 3.05) is 31.5 Å². The van der Waals surface area contributed by atoms with E-state index >= 15 is 0 Å². The topological polar surface area (TPSA) is 64.3 Å². The lowest BCUT2D eigenvalue weighted by molar-refractivity contribution is -0.115. The summed E-state index contributed by atoms with van der Waals surface area (Å²) in [5, 5.41) is 13.8. The Morgan fingerprint density at radius 1 is 0.902 bits per heavy atom. The SMILES string of the molecule is Cc1cc2[nH]nc(C=Cc3cccc(CN4CCN(Cc5ccccc5)CC4)c3)c2cc1NC(=O)Cc1cccs1. The lowest BCUT2D eigenvalue weighted by Gasteiger charge is -2.34. The third-order valence-electron chi connectivity index (χ3n) is 7.63. The zero-order valence-corrected chi connectivity index (χ0v) is 24.2. The molecule has 0 saturated carbocycles. The minimum Gasteiger partial charge on any atom is -0.326 e. The second-order valence-corrected chi connectivity index (χ2v) is 11.8. The molecule has 7 heteroatoms. The number of hydrogen-bond acceptors (Lipinski definition) is 5. The Kier molecular flexibility index (Phi) is 8.37. The molecule has 3 aromatic carbocycles. The van der Waals surface area contributed by atoms with Gasteiger partial charge in [0.25, 0.3) is 0 Å². The molecule has 41 heavy (non-hydrogen) atoms. The Morgan fingerprint density at radius 3 is 2.41 bits per heavy atom. The van der Waals surface area contributed by atoms with E-state index in [9.17, 15) is 4.79 Å². The van der Waals surface area contributed by atoms with E-state index in [1.165, 1.54) is 11.1 Å². The smallest absolute Gasteiger partial charge is 0.229 e. The highest BCUT2D eigenvalue weighted by Gasteiger charge is 2.17. The average Bonchev–Trinajstić information content (AvgIpc) is 3.63. The van der Waals surface area contributed by atoms with E-state index in [-0.39, 0.29) is 5.91 Å². The van der Waals surface area contributed by atoms with Gasteiger partial charge in [0.05, 0.1) is 17.6 Å². The van der Waals surface area contributed by atoms with Crippen molar-refractivity contribution in [1.29, 1.82) is 0 Å². The Labute approximate surface area is 245 Å². The van der Waals surface area contributed by atoms with Gasteiger partial charge in [-0.2, -0.15) is 5.10 Å². The number of amides is 1. The molecule has 1 aliphatic rings. The molecule has 0 bridgehead atoms. The molecule has 0 aliphatic carbocycles. The number of nitrogens with one attached hydrogen (secondary N) is 2. The van der Waals surface area contributed by atoms with E-state index in [0.29, 0.717) is 6.42 Å². The second kappa shape index (κ2) is 12.6. The summed E-state index contributed by atoms with van der Waals surface area (Å²) in [6, 6.07) is 27.5. The zero-order valence-electron chi connectivity index (χ0n) is 23.3. The van der Waals surface area contributed by atoms with E-state index in [2.05, 4.69) is 86.0 Å². The number of nitrogens with zero attached hydrogens (tertiary/aromatic N) is 3. The van der Waals surface area contributed by atoms with E-state index in [1.807, 2.05) is 42.6 Å². The number of aromatic nitrogens is 2. The van der Waals surface area contributed by atoms with Crippen molar-refractivity contribution >= 4 is 46.0 Å². The van der Waals surface area contributed by atoms with Crippen LogP contribution in [0, 0.1) is 6.92 Å². The molecule has 0 atom stereocenters. The van der Waals surface area contributed by atoms with Crippen molar-refractivity contribution in [3.05, 3.63) is 117 Å². The minimum atomic E-state index is -0.00934. The molecule has 1 saturated heterocycles. The fraction of sp³-hybridized carbons (Fsp3) is 0.235. The molecule has 6 rings (SSSR count). The molecule has 1 aliphatic heterocycles. The minimum absolute atomic E-state index is 0.00934. The number of anilines is 1. The maximum Gasteiger partial charge on any atom is 0.229 e. The van der Waals surface area contributed by atoms with Crippen LogP contribution in [0.2, 0.25) is 0 Å². The molecular formula is C34H35N5OS. The van der Waals surface area contributed by atoms with Gasteiger partial charge < -0.3 is 5.32 Å². The third-order valence-corrected chi connectivity index (χ3v) is 8.51. The summed E-state index contributed by atoms with van der Waals surface area (Å²) in [5.74, 6) is -0.00934. The van der Waals surface area contributed by atoms with E-state index in [4.69, 9.17) is 0 Å². The molecule has 5 aromatic rings. The van der Waals surface area contributed by atoms with Gasteiger partial charge in [0, 0.05) is 55.2 Å². The molecule has 3 heterocycles. The number of thiophene rings is 1. The lowest BCUT2D eigenvalue weighted by atomic mass is 10.1. The fourth-order valence-corrected chi connectivity index (χ4v) is 6.10. The van der Waals surface area contributed by atoms with Crippen molar-refractivity contribution in [2.45, 2.75) is 26.4 Å². The third kappa shape index (κ3) is 7.00. The Bertz CT molecular complexity index is 1630. The van der Waals surface area contributed by atoms with Crippen molar-refractivity contribution < 1.29 is 4.79 Å². The summed E-state index contributed by atoms with van der Waals surface area (Å²) in [4.78, 5) is 18.8. The van der Waals surface area contributed by atoms with Gasteiger partial charge in [-0.1, -0.05) is 66.7 Å². The fourth-order valence-electron chi connectivity index (χ4n) is 5.40. The molecule has 208 valence electrons. The molecule has 0 radical (unpaired) electrons. The van der Waals surface area contributed by atoms with Crippen LogP contribution in [-0.2, 0) is 24.3 Å². The van der Waals surface area contributed by atoms with Crippen molar-refractivity contribution in [1.82, 2.24) is 20.0 Å². The number of rotatable bonds is 9. The van der Waals surface area contributed by atoms with Crippen LogP contribution in [0.1, 0.15) is 32.8 Å². The Balaban J connectivity index is 1.08. The number of benzene rings is 3. The van der Waals surface area contributed by atoms with Crippen molar-refractivity contribution in [3.8, 4) is 0 Å². The standard InChI is InChI=1S/C34H35N5OS/c1-25-19-33-30(22-32(25)35-34(40)21-29-11-6-18-41-29)31(36-37-33)13-12-26-9-5-10-28(20-26)24-39-16-14-38(15-17-39)23-27-7-3-2-4-8-27/h2-13,18-20,22H,14-17,21,23-24H2,1H3,(H,35,40)(H,36,37). The maximum absolute atomic E-state index is 12.6. The predicted molar refractivity (Wildman–Crippen MR) is 170 cm³/mol. The molecule has 1 amide bonds. The first kappa shape index (κ1) is 27.1.